The van der Waals surface area contributed by atoms with Crippen LogP contribution < -0.4 is 4.90 Å². The third-order valence-electron chi connectivity index (χ3n) is 6.48. The fraction of sp³-hybridized carbons (Fsp3) is 0.684. The number of fused-ring (bicyclic) bond motifs is 1. The summed E-state index contributed by atoms with van der Waals surface area (Å²) in [6.45, 7) is 2.63. The molecule has 1 aromatic carbocycles. The summed E-state index contributed by atoms with van der Waals surface area (Å²) in [5.74, 6) is 1.34. The second-order valence-electron chi connectivity index (χ2n) is 8.06. The van der Waals surface area contributed by atoms with Crippen molar-refractivity contribution in [1.82, 2.24) is 4.31 Å². The molecule has 0 aromatic heterocycles. The van der Waals surface area contributed by atoms with E-state index in [1.165, 1.54) is 36.1 Å². The number of benzene rings is 1. The van der Waals surface area contributed by atoms with Crippen LogP contribution in [0.25, 0.3) is 0 Å². The van der Waals surface area contributed by atoms with Gasteiger partial charge in [0.1, 0.15) is 5.69 Å². The molecule has 0 radical (unpaired) electrons. The van der Waals surface area contributed by atoms with Crippen molar-refractivity contribution in [3.63, 3.8) is 0 Å². The van der Waals surface area contributed by atoms with E-state index in [-0.39, 0.29) is 10.6 Å². The number of nitrogens with zero attached hydrogens (tertiary/aromatic N) is 3. The molecule has 2 atom stereocenters. The van der Waals surface area contributed by atoms with Crippen LogP contribution in [0.5, 0.6) is 0 Å². The second kappa shape index (κ2) is 7.39. The van der Waals surface area contributed by atoms with Gasteiger partial charge in [-0.1, -0.05) is 19.3 Å². The van der Waals surface area contributed by atoms with Gasteiger partial charge in [0.15, 0.2) is 0 Å². The van der Waals surface area contributed by atoms with E-state index < -0.39 is 14.9 Å². The van der Waals surface area contributed by atoms with E-state index in [2.05, 4.69) is 4.90 Å². The topological polar surface area (TPSA) is 83.8 Å². The highest BCUT2D eigenvalue weighted by molar-refractivity contribution is 7.89. The van der Waals surface area contributed by atoms with Gasteiger partial charge < -0.3 is 4.90 Å². The van der Waals surface area contributed by atoms with Gasteiger partial charge >= 0.3 is 0 Å². The molecule has 2 heterocycles. The van der Waals surface area contributed by atoms with Crippen LogP contribution in [0.3, 0.4) is 0 Å². The lowest BCUT2D eigenvalue weighted by atomic mass is 9.75. The monoisotopic (exact) mass is 393 g/mol. The van der Waals surface area contributed by atoms with Crippen molar-refractivity contribution in [1.29, 1.82) is 0 Å². The highest BCUT2D eigenvalue weighted by Crippen LogP contribution is 2.40. The van der Waals surface area contributed by atoms with Crippen molar-refractivity contribution in [2.24, 2.45) is 11.8 Å². The molecule has 1 aliphatic carbocycles. The third kappa shape index (κ3) is 3.57. The normalized spacial score (nSPS) is 26.7. The zero-order valence-electron chi connectivity index (χ0n) is 15.5. The average Bonchev–Trinajstić information content (AvgIpc) is 3.23. The first kappa shape index (κ1) is 18.7. The van der Waals surface area contributed by atoms with Crippen LogP contribution in [0.4, 0.5) is 11.4 Å². The van der Waals surface area contributed by atoms with Crippen LogP contribution in [-0.4, -0.2) is 43.8 Å². The third-order valence-corrected chi connectivity index (χ3v) is 8.37. The Hall–Kier alpha value is -1.67. The lowest BCUT2D eigenvalue weighted by molar-refractivity contribution is -0.384. The highest BCUT2D eigenvalue weighted by atomic mass is 32.2. The first-order valence-corrected chi connectivity index (χ1v) is 11.4. The Morgan fingerprint density at radius 3 is 2.37 bits per heavy atom. The molecule has 2 saturated heterocycles. The Morgan fingerprint density at radius 1 is 0.963 bits per heavy atom. The van der Waals surface area contributed by atoms with Gasteiger partial charge in [-0.15, -0.1) is 0 Å². The number of hydrogen-bond acceptors (Lipinski definition) is 5. The van der Waals surface area contributed by atoms with Crippen molar-refractivity contribution in [2.75, 3.05) is 31.1 Å². The molecule has 2 aliphatic heterocycles. The maximum Gasteiger partial charge on any atom is 0.293 e. The van der Waals surface area contributed by atoms with Crippen LogP contribution in [0.1, 0.15) is 44.9 Å². The van der Waals surface area contributed by atoms with E-state index in [0.29, 0.717) is 24.7 Å². The molecule has 0 N–H and O–H groups in total. The predicted octanol–water partition coefficient (Wildman–Crippen LogP) is 3.40. The molecule has 1 saturated carbocycles. The molecule has 7 nitrogen and oxygen atoms in total. The summed E-state index contributed by atoms with van der Waals surface area (Å²) in [6.07, 6.45) is 7.75. The molecule has 3 aliphatic rings. The maximum atomic E-state index is 12.8. The van der Waals surface area contributed by atoms with E-state index in [4.69, 9.17) is 0 Å². The number of nitro benzene ring substituents is 1. The summed E-state index contributed by atoms with van der Waals surface area (Å²) in [6, 6.07) is 4.45. The minimum Gasteiger partial charge on any atom is -0.366 e. The lowest BCUT2D eigenvalue weighted by Gasteiger charge is -2.42. The SMILES string of the molecule is O=[N+]([O-])c1cc(S(=O)(=O)N2CCCC2)ccc1N1CC[C@@H]2CCCC[C@@H]2C1. The Balaban J connectivity index is 1.63. The molecular weight excluding hydrogens is 366 g/mol. The smallest absolute Gasteiger partial charge is 0.293 e. The Labute approximate surface area is 160 Å². The van der Waals surface area contributed by atoms with Crippen molar-refractivity contribution in [2.45, 2.75) is 49.8 Å². The van der Waals surface area contributed by atoms with E-state index in [0.717, 1.165) is 38.3 Å². The van der Waals surface area contributed by atoms with Gasteiger partial charge in [0.05, 0.1) is 9.82 Å². The summed E-state index contributed by atoms with van der Waals surface area (Å²) < 4.78 is 27.0. The first-order valence-electron chi connectivity index (χ1n) is 10.0. The number of nitro groups is 1. The fourth-order valence-corrected chi connectivity index (χ4v) is 6.51. The standard InChI is InChI=1S/C19H27N3O4S/c23-22(24)19-13-17(27(25,26)21-10-3-4-11-21)7-8-18(19)20-12-9-15-5-1-2-6-16(15)14-20/h7-8,13,15-16H,1-6,9-12,14H2/t15-,16+/m0/s1. The Bertz CT molecular complexity index is 820. The summed E-state index contributed by atoms with van der Waals surface area (Å²) >= 11 is 0. The van der Waals surface area contributed by atoms with Gasteiger partial charge in [-0.05, 0) is 49.7 Å². The summed E-state index contributed by atoms with van der Waals surface area (Å²) in [4.78, 5) is 13.4. The van der Waals surface area contributed by atoms with Crippen LogP contribution in [-0.2, 0) is 10.0 Å². The minimum atomic E-state index is -3.65. The molecular formula is C19H27N3O4S. The zero-order chi connectivity index (χ0) is 19.0. The van der Waals surface area contributed by atoms with Crippen LogP contribution in [0.2, 0.25) is 0 Å². The van der Waals surface area contributed by atoms with E-state index in [1.807, 2.05) is 0 Å². The highest BCUT2D eigenvalue weighted by Gasteiger charge is 2.35. The first-order chi connectivity index (χ1) is 13.0. The quantitative estimate of drug-likeness (QED) is 0.578. The molecule has 27 heavy (non-hydrogen) atoms. The molecule has 8 heteroatoms. The van der Waals surface area contributed by atoms with Crippen LogP contribution in [0, 0.1) is 22.0 Å². The van der Waals surface area contributed by atoms with Gasteiger partial charge in [-0.3, -0.25) is 10.1 Å². The summed E-state index contributed by atoms with van der Waals surface area (Å²) in [7, 11) is -3.65. The molecule has 148 valence electrons. The van der Waals surface area contributed by atoms with Gasteiger partial charge in [0.2, 0.25) is 10.0 Å². The van der Waals surface area contributed by atoms with Gasteiger partial charge in [0, 0.05) is 32.2 Å². The van der Waals surface area contributed by atoms with E-state index in [9.17, 15) is 18.5 Å². The summed E-state index contributed by atoms with van der Waals surface area (Å²) in [5.41, 5.74) is 0.467. The van der Waals surface area contributed by atoms with Crippen LogP contribution in [0.15, 0.2) is 23.1 Å². The van der Waals surface area contributed by atoms with Crippen molar-refractivity contribution in [3.8, 4) is 0 Å². The van der Waals surface area contributed by atoms with E-state index >= 15 is 0 Å². The largest absolute Gasteiger partial charge is 0.366 e. The van der Waals surface area contributed by atoms with E-state index in [1.54, 1.807) is 12.1 Å². The maximum absolute atomic E-state index is 12.8. The zero-order valence-corrected chi connectivity index (χ0v) is 16.4. The van der Waals surface area contributed by atoms with Crippen molar-refractivity contribution in [3.05, 3.63) is 28.3 Å². The average molecular weight is 394 g/mol. The minimum absolute atomic E-state index is 0.0346. The Morgan fingerprint density at radius 2 is 1.67 bits per heavy atom. The molecule has 1 aromatic rings. The van der Waals surface area contributed by atoms with Gasteiger partial charge in [-0.2, -0.15) is 4.31 Å². The lowest BCUT2D eigenvalue weighted by Crippen LogP contribution is -2.42. The molecule has 4 rings (SSSR count). The van der Waals surface area contributed by atoms with Gasteiger partial charge in [0.25, 0.3) is 5.69 Å². The number of piperidine rings is 1. The Kier molecular flexibility index (Phi) is 5.11. The van der Waals surface area contributed by atoms with Crippen molar-refractivity contribution >= 4 is 21.4 Å². The van der Waals surface area contributed by atoms with Crippen LogP contribution >= 0.6 is 0 Å². The van der Waals surface area contributed by atoms with Gasteiger partial charge in [-0.25, -0.2) is 8.42 Å². The van der Waals surface area contributed by atoms with Crippen molar-refractivity contribution < 1.29 is 13.3 Å². The summed E-state index contributed by atoms with van der Waals surface area (Å²) in [5, 5.41) is 11.7. The molecule has 0 spiro atoms. The fourth-order valence-electron chi connectivity index (χ4n) is 4.97. The number of rotatable bonds is 4. The molecule has 0 amide bonds. The predicted molar refractivity (Wildman–Crippen MR) is 103 cm³/mol. The second-order valence-corrected chi connectivity index (χ2v) is 10.00. The molecule has 3 fully saturated rings. The number of hydrogen-bond donors (Lipinski definition) is 0. The number of anilines is 1. The molecule has 0 bridgehead atoms. The molecule has 0 unspecified atom stereocenters. The number of sulfonamides is 1.